The lowest BCUT2D eigenvalue weighted by Crippen LogP contribution is -2.31. The molecule has 0 atom stereocenters. The molecule has 20 heavy (non-hydrogen) atoms. The summed E-state index contributed by atoms with van der Waals surface area (Å²) in [6.45, 7) is 5.90. The molecule has 0 aromatic rings. The molecule has 0 aliphatic heterocycles. The third-order valence-corrected chi connectivity index (χ3v) is 4.52. The highest BCUT2D eigenvalue weighted by Crippen LogP contribution is 2.24. The Morgan fingerprint density at radius 2 is 1.35 bits per heavy atom. The van der Waals surface area contributed by atoms with E-state index in [0.717, 1.165) is 6.04 Å². The molecule has 0 unspecified atom stereocenters. The predicted molar refractivity (Wildman–Crippen MR) is 90.4 cm³/mol. The van der Waals surface area contributed by atoms with Gasteiger partial charge in [0.2, 0.25) is 0 Å². The zero-order chi connectivity index (χ0) is 14.5. The van der Waals surface area contributed by atoms with E-state index in [0.29, 0.717) is 0 Å². The smallest absolute Gasteiger partial charge is 0.0107 e. The van der Waals surface area contributed by atoms with Gasteiger partial charge in [-0.3, -0.25) is 0 Å². The normalized spacial score (nSPS) is 15.2. The minimum Gasteiger partial charge on any atom is -0.315 e. The fourth-order valence-electron chi connectivity index (χ4n) is 2.82. The number of rotatable bonds is 15. The van der Waals surface area contributed by atoms with E-state index in [-0.39, 0.29) is 0 Å². The summed E-state index contributed by atoms with van der Waals surface area (Å²) in [6, 6.07) is 0.911. The van der Waals surface area contributed by atoms with Crippen molar-refractivity contribution < 1.29 is 0 Å². The Balaban J connectivity index is 1.66. The zero-order valence-corrected chi connectivity index (χ0v) is 14.1. The molecule has 1 saturated carbocycles. The Morgan fingerprint density at radius 3 is 1.90 bits per heavy atom. The van der Waals surface area contributed by atoms with Crippen LogP contribution < -0.4 is 5.32 Å². The molecule has 1 aliphatic carbocycles. The third kappa shape index (κ3) is 10.7. The summed E-state index contributed by atoms with van der Waals surface area (Å²) >= 11 is 0. The quantitative estimate of drug-likeness (QED) is 0.442. The monoisotopic (exact) mass is 282 g/mol. The molecule has 2 heteroatoms. The van der Waals surface area contributed by atoms with E-state index in [1.165, 1.54) is 96.7 Å². The average Bonchev–Trinajstić information content (AvgIpc) is 3.28. The lowest BCUT2D eigenvalue weighted by Gasteiger charge is -2.15. The van der Waals surface area contributed by atoms with Crippen LogP contribution in [0.5, 0.6) is 0 Å². The van der Waals surface area contributed by atoms with Crippen LogP contribution in [0.25, 0.3) is 0 Å². The van der Waals surface area contributed by atoms with Gasteiger partial charge in [0.1, 0.15) is 0 Å². The van der Waals surface area contributed by atoms with E-state index in [2.05, 4.69) is 24.2 Å². The summed E-state index contributed by atoms with van der Waals surface area (Å²) in [5, 5.41) is 3.58. The first-order valence-electron chi connectivity index (χ1n) is 9.25. The summed E-state index contributed by atoms with van der Waals surface area (Å²) in [5.74, 6) is 0. The summed E-state index contributed by atoms with van der Waals surface area (Å²) in [4.78, 5) is 2.51. The molecule has 1 N–H and O–H groups in total. The largest absolute Gasteiger partial charge is 0.315 e. The molecule has 0 saturated heterocycles. The van der Waals surface area contributed by atoms with E-state index in [1.807, 2.05) is 0 Å². The van der Waals surface area contributed by atoms with Gasteiger partial charge in [-0.25, -0.2) is 0 Å². The van der Waals surface area contributed by atoms with E-state index >= 15 is 0 Å². The minimum atomic E-state index is 0.911. The second-order valence-corrected chi connectivity index (χ2v) is 6.64. The molecule has 1 fully saturated rings. The summed E-state index contributed by atoms with van der Waals surface area (Å²) in [5.41, 5.74) is 0. The molecule has 2 nitrogen and oxygen atoms in total. The Labute approximate surface area is 127 Å². The van der Waals surface area contributed by atoms with Crippen LogP contribution in [-0.4, -0.2) is 37.6 Å². The average molecular weight is 283 g/mol. The van der Waals surface area contributed by atoms with Crippen molar-refractivity contribution in [3.05, 3.63) is 0 Å². The molecule has 0 amide bonds. The Kier molecular flexibility index (Phi) is 11.4. The first-order chi connectivity index (χ1) is 9.84. The topological polar surface area (TPSA) is 15.3 Å². The van der Waals surface area contributed by atoms with Crippen LogP contribution in [0.3, 0.4) is 0 Å². The molecule has 0 heterocycles. The van der Waals surface area contributed by atoms with Crippen molar-refractivity contribution in [3.63, 3.8) is 0 Å². The van der Waals surface area contributed by atoms with Crippen molar-refractivity contribution >= 4 is 0 Å². The molecule has 0 bridgehead atoms. The van der Waals surface area contributed by atoms with Gasteiger partial charge in [-0.1, -0.05) is 64.7 Å². The van der Waals surface area contributed by atoms with Crippen molar-refractivity contribution in [2.45, 2.75) is 90.0 Å². The number of hydrogen-bond acceptors (Lipinski definition) is 2. The number of nitrogens with zero attached hydrogens (tertiary/aromatic N) is 1. The number of unbranched alkanes of at least 4 members (excludes halogenated alkanes) is 9. The maximum Gasteiger partial charge on any atom is 0.0107 e. The fourth-order valence-corrected chi connectivity index (χ4v) is 2.82. The van der Waals surface area contributed by atoms with Gasteiger partial charge in [-0.15, -0.1) is 0 Å². The maximum atomic E-state index is 3.58. The van der Waals surface area contributed by atoms with Crippen LogP contribution in [-0.2, 0) is 0 Å². The highest BCUT2D eigenvalue weighted by molar-refractivity contribution is 4.82. The summed E-state index contributed by atoms with van der Waals surface area (Å²) < 4.78 is 0. The number of likely N-dealkylation sites (N-methyl/N-ethyl adjacent to an activating group) is 1. The third-order valence-electron chi connectivity index (χ3n) is 4.52. The van der Waals surface area contributed by atoms with E-state index in [4.69, 9.17) is 0 Å². The van der Waals surface area contributed by atoms with Gasteiger partial charge in [0.25, 0.3) is 0 Å². The van der Waals surface area contributed by atoms with Crippen LogP contribution in [0.15, 0.2) is 0 Å². The second kappa shape index (κ2) is 12.6. The van der Waals surface area contributed by atoms with Crippen LogP contribution in [0.2, 0.25) is 0 Å². The second-order valence-electron chi connectivity index (χ2n) is 6.64. The lowest BCUT2D eigenvalue weighted by atomic mass is 10.1. The van der Waals surface area contributed by atoms with Gasteiger partial charge in [0, 0.05) is 19.1 Å². The highest BCUT2D eigenvalue weighted by Gasteiger charge is 2.25. The Bertz CT molecular complexity index is 202. The van der Waals surface area contributed by atoms with Crippen molar-refractivity contribution in [3.8, 4) is 0 Å². The van der Waals surface area contributed by atoms with Crippen molar-refractivity contribution in [1.29, 1.82) is 0 Å². The van der Waals surface area contributed by atoms with Gasteiger partial charge in [-0.2, -0.15) is 0 Å². The highest BCUT2D eigenvalue weighted by atomic mass is 15.2. The van der Waals surface area contributed by atoms with Crippen molar-refractivity contribution in [1.82, 2.24) is 10.2 Å². The Hall–Kier alpha value is -0.0800. The van der Waals surface area contributed by atoms with E-state index in [9.17, 15) is 0 Å². The van der Waals surface area contributed by atoms with Crippen molar-refractivity contribution in [2.24, 2.45) is 0 Å². The summed E-state index contributed by atoms with van der Waals surface area (Å²) in [6.07, 6.45) is 17.2. The molecular weight excluding hydrogens is 244 g/mol. The molecule has 1 rings (SSSR count). The van der Waals surface area contributed by atoms with Crippen LogP contribution in [0, 0.1) is 0 Å². The molecule has 120 valence electrons. The molecule has 0 spiro atoms. The van der Waals surface area contributed by atoms with E-state index < -0.39 is 0 Å². The van der Waals surface area contributed by atoms with Gasteiger partial charge in [0.05, 0.1) is 0 Å². The van der Waals surface area contributed by atoms with Gasteiger partial charge < -0.3 is 10.2 Å². The molecule has 0 aromatic heterocycles. The zero-order valence-electron chi connectivity index (χ0n) is 14.1. The van der Waals surface area contributed by atoms with Gasteiger partial charge in [0.15, 0.2) is 0 Å². The molecule has 1 aliphatic rings. The molecule has 0 aromatic carbocycles. The molecule has 0 radical (unpaired) electrons. The Morgan fingerprint density at radius 1 is 0.800 bits per heavy atom. The number of nitrogens with one attached hydrogen (secondary N) is 1. The van der Waals surface area contributed by atoms with Crippen LogP contribution in [0.4, 0.5) is 0 Å². The van der Waals surface area contributed by atoms with Crippen molar-refractivity contribution in [2.75, 3.05) is 26.7 Å². The lowest BCUT2D eigenvalue weighted by molar-refractivity contribution is 0.321. The maximum absolute atomic E-state index is 3.58. The summed E-state index contributed by atoms with van der Waals surface area (Å²) in [7, 11) is 2.26. The molecular formula is C18H38N2. The first-order valence-corrected chi connectivity index (χ1v) is 9.25. The predicted octanol–water partition coefficient (Wildman–Crippen LogP) is 4.59. The minimum absolute atomic E-state index is 0.911. The standard InChI is InChI=1S/C18H38N2/c1-3-4-5-6-7-8-9-10-11-12-15-19-16-17-20(2)18-13-14-18/h18-19H,3-17H2,1-2H3. The first kappa shape index (κ1) is 18.0. The van der Waals surface area contributed by atoms with Crippen LogP contribution >= 0.6 is 0 Å². The van der Waals surface area contributed by atoms with Gasteiger partial charge >= 0.3 is 0 Å². The fraction of sp³-hybridized carbons (Fsp3) is 1.00. The van der Waals surface area contributed by atoms with Crippen LogP contribution in [0.1, 0.15) is 84.0 Å². The van der Waals surface area contributed by atoms with E-state index in [1.54, 1.807) is 0 Å². The SMILES string of the molecule is CCCCCCCCCCCCNCCN(C)C1CC1. The van der Waals surface area contributed by atoms with Gasteiger partial charge in [-0.05, 0) is 32.9 Å². The number of hydrogen-bond donors (Lipinski definition) is 1.